The molecule has 2 N–H and O–H groups in total. The zero-order valence-corrected chi connectivity index (χ0v) is 10.8. The summed E-state index contributed by atoms with van der Waals surface area (Å²) in [5.74, 6) is -1.27. The number of carboxylic acids is 1. The van der Waals surface area contributed by atoms with Crippen LogP contribution in [0, 0.1) is 0 Å². The SMILES string of the molecule is CC(NS(=O)(=O)c1c(Br)nnn1C)C(=O)O. The first-order valence-corrected chi connectivity index (χ1v) is 6.33. The molecule has 0 saturated carbocycles. The molecular formula is C6H9BrN4O4S. The molecular weight excluding hydrogens is 304 g/mol. The molecule has 0 amide bonds. The van der Waals surface area contributed by atoms with Crippen LogP contribution < -0.4 is 4.72 Å². The van der Waals surface area contributed by atoms with Crippen LogP contribution in [0.2, 0.25) is 0 Å². The molecule has 1 unspecified atom stereocenters. The number of carbonyl (C=O) groups is 1. The molecule has 1 aromatic rings. The van der Waals surface area contributed by atoms with Gasteiger partial charge in [-0.2, -0.15) is 4.72 Å². The fourth-order valence-corrected chi connectivity index (χ4v) is 3.24. The third-order valence-corrected chi connectivity index (χ3v) is 4.12. The highest BCUT2D eigenvalue weighted by Crippen LogP contribution is 2.17. The van der Waals surface area contributed by atoms with Gasteiger partial charge in [0.2, 0.25) is 5.03 Å². The lowest BCUT2D eigenvalue weighted by molar-refractivity contribution is -0.138. The summed E-state index contributed by atoms with van der Waals surface area (Å²) in [6.45, 7) is 1.22. The number of aromatic nitrogens is 3. The second-order valence-electron chi connectivity index (χ2n) is 2.99. The van der Waals surface area contributed by atoms with Crippen LogP contribution in [0.3, 0.4) is 0 Å². The van der Waals surface area contributed by atoms with Crippen LogP contribution in [0.25, 0.3) is 0 Å². The number of nitrogens with zero attached hydrogens (tertiary/aromatic N) is 3. The van der Waals surface area contributed by atoms with Crippen molar-refractivity contribution >= 4 is 31.9 Å². The van der Waals surface area contributed by atoms with Crippen molar-refractivity contribution in [1.82, 2.24) is 19.7 Å². The number of aliphatic carboxylic acids is 1. The smallest absolute Gasteiger partial charge is 0.321 e. The topological polar surface area (TPSA) is 114 Å². The van der Waals surface area contributed by atoms with E-state index in [1.807, 2.05) is 4.72 Å². The molecule has 90 valence electrons. The minimum Gasteiger partial charge on any atom is -0.480 e. The van der Waals surface area contributed by atoms with Gasteiger partial charge < -0.3 is 5.11 Å². The third-order valence-electron chi connectivity index (χ3n) is 1.69. The van der Waals surface area contributed by atoms with Crippen LogP contribution in [-0.2, 0) is 21.9 Å². The van der Waals surface area contributed by atoms with Crippen molar-refractivity contribution < 1.29 is 18.3 Å². The maximum absolute atomic E-state index is 11.7. The van der Waals surface area contributed by atoms with E-state index in [4.69, 9.17) is 5.11 Å². The molecule has 1 rings (SSSR count). The second-order valence-corrected chi connectivity index (χ2v) is 5.37. The molecule has 1 atom stereocenters. The number of rotatable bonds is 4. The molecule has 8 nitrogen and oxygen atoms in total. The number of hydrogen-bond acceptors (Lipinski definition) is 5. The Kier molecular flexibility index (Phi) is 3.65. The van der Waals surface area contributed by atoms with Crippen LogP contribution in [0.15, 0.2) is 9.63 Å². The summed E-state index contributed by atoms with van der Waals surface area (Å²) >= 11 is 2.92. The zero-order valence-electron chi connectivity index (χ0n) is 8.38. The molecule has 10 heteroatoms. The number of nitrogens with one attached hydrogen (secondary N) is 1. The van der Waals surface area contributed by atoms with E-state index in [0.29, 0.717) is 0 Å². The van der Waals surface area contributed by atoms with E-state index in [9.17, 15) is 13.2 Å². The van der Waals surface area contributed by atoms with Crippen molar-refractivity contribution in [2.45, 2.75) is 18.0 Å². The Labute approximate surface area is 99.8 Å². The van der Waals surface area contributed by atoms with Gasteiger partial charge in [0.1, 0.15) is 6.04 Å². The highest BCUT2D eigenvalue weighted by molar-refractivity contribution is 9.10. The molecule has 0 radical (unpaired) electrons. The van der Waals surface area contributed by atoms with Gasteiger partial charge in [0.25, 0.3) is 10.0 Å². The minimum absolute atomic E-state index is 0.0279. The maximum atomic E-state index is 11.7. The summed E-state index contributed by atoms with van der Waals surface area (Å²) < 4.78 is 26.5. The summed E-state index contributed by atoms with van der Waals surface area (Å²) in [6, 6.07) is -1.23. The van der Waals surface area contributed by atoms with Gasteiger partial charge in [0, 0.05) is 7.05 Å². The van der Waals surface area contributed by atoms with Gasteiger partial charge in [-0.3, -0.25) is 4.79 Å². The van der Waals surface area contributed by atoms with E-state index in [-0.39, 0.29) is 9.63 Å². The van der Waals surface area contributed by atoms with Crippen LogP contribution in [0.4, 0.5) is 0 Å². The monoisotopic (exact) mass is 312 g/mol. The van der Waals surface area contributed by atoms with Crippen LogP contribution in [-0.4, -0.2) is 40.5 Å². The maximum Gasteiger partial charge on any atom is 0.321 e. The first-order valence-electron chi connectivity index (χ1n) is 4.06. The van der Waals surface area contributed by atoms with E-state index in [1.54, 1.807) is 0 Å². The highest BCUT2D eigenvalue weighted by Gasteiger charge is 2.27. The number of hydrogen-bond donors (Lipinski definition) is 2. The number of carboxylic acid groups (broad SMARTS) is 1. The molecule has 0 aliphatic carbocycles. The first kappa shape index (κ1) is 13.1. The summed E-state index contributed by atoms with van der Waals surface area (Å²) in [6.07, 6.45) is 0. The van der Waals surface area contributed by atoms with E-state index in [2.05, 4.69) is 26.2 Å². The fourth-order valence-electron chi connectivity index (χ4n) is 0.947. The lowest BCUT2D eigenvalue weighted by Gasteiger charge is -2.09. The Hall–Kier alpha value is -1.00. The second kappa shape index (κ2) is 4.47. The lowest BCUT2D eigenvalue weighted by atomic mass is 10.4. The van der Waals surface area contributed by atoms with Gasteiger partial charge >= 0.3 is 5.97 Å². The van der Waals surface area contributed by atoms with Crippen molar-refractivity contribution in [3.63, 3.8) is 0 Å². The Morgan fingerprint density at radius 2 is 2.19 bits per heavy atom. The molecule has 1 aromatic heterocycles. The van der Waals surface area contributed by atoms with Crippen molar-refractivity contribution in [3.8, 4) is 0 Å². The largest absolute Gasteiger partial charge is 0.480 e. The molecule has 0 bridgehead atoms. The Bertz CT molecular complexity index is 491. The number of sulfonamides is 1. The third kappa shape index (κ3) is 2.57. The standard InChI is InChI=1S/C6H9BrN4O4S/c1-3(6(12)13)9-16(14,15)5-4(7)8-10-11(5)2/h3,9H,1-2H3,(H,12,13). The van der Waals surface area contributed by atoms with E-state index in [1.165, 1.54) is 14.0 Å². The molecule has 0 fully saturated rings. The van der Waals surface area contributed by atoms with Crippen LogP contribution >= 0.6 is 15.9 Å². The molecule has 0 aromatic carbocycles. The average molecular weight is 313 g/mol. The molecule has 16 heavy (non-hydrogen) atoms. The summed E-state index contributed by atoms with van der Waals surface area (Å²) in [5.41, 5.74) is 0. The van der Waals surface area contributed by atoms with Crippen molar-refractivity contribution in [3.05, 3.63) is 4.60 Å². The lowest BCUT2D eigenvalue weighted by Crippen LogP contribution is -2.39. The van der Waals surface area contributed by atoms with Crippen molar-refractivity contribution in [2.24, 2.45) is 7.05 Å². The van der Waals surface area contributed by atoms with Gasteiger partial charge in [-0.05, 0) is 22.9 Å². The normalized spacial score (nSPS) is 13.7. The van der Waals surface area contributed by atoms with Gasteiger partial charge in [-0.1, -0.05) is 5.21 Å². The fraction of sp³-hybridized carbons (Fsp3) is 0.500. The van der Waals surface area contributed by atoms with E-state index >= 15 is 0 Å². The van der Waals surface area contributed by atoms with Gasteiger partial charge in [0.15, 0.2) is 4.60 Å². The highest BCUT2D eigenvalue weighted by atomic mass is 79.9. The molecule has 0 aliphatic heterocycles. The minimum atomic E-state index is -3.96. The predicted molar refractivity (Wildman–Crippen MR) is 56.1 cm³/mol. The van der Waals surface area contributed by atoms with E-state index in [0.717, 1.165) is 4.68 Å². The van der Waals surface area contributed by atoms with E-state index < -0.39 is 22.0 Å². The van der Waals surface area contributed by atoms with Gasteiger partial charge in [-0.15, -0.1) is 5.10 Å². The molecule has 0 spiro atoms. The van der Waals surface area contributed by atoms with Gasteiger partial charge in [-0.25, -0.2) is 13.1 Å². The molecule has 0 saturated heterocycles. The number of halogens is 1. The first-order chi connectivity index (χ1) is 7.25. The predicted octanol–water partition coefficient (Wildman–Crippen LogP) is -0.671. The summed E-state index contributed by atoms with van der Waals surface area (Å²) in [7, 11) is -2.58. The molecule has 1 heterocycles. The van der Waals surface area contributed by atoms with Crippen molar-refractivity contribution in [2.75, 3.05) is 0 Å². The Morgan fingerprint density at radius 1 is 1.62 bits per heavy atom. The quantitative estimate of drug-likeness (QED) is 0.762. The summed E-state index contributed by atoms with van der Waals surface area (Å²) in [5, 5.41) is 15.4. The number of aryl methyl sites for hydroxylation is 1. The average Bonchev–Trinajstić information content (AvgIpc) is 2.45. The van der Waals surface area contributed by atoms with Crippen LogP contribution in [0.1, 0.15) is 6.92 Å². The van der Waals surface area contributed by atoms with Gasteiger partial charge in [0.05, 0.1) is 0 Å². The Balaban J connectivity index is 3.09. The van der Waals surface area contributed by atoms with Crippen LogP contribution in [0.5, 0.6) is 0 Å². The summed E-state index contributed by atoms with van der Waals surface area (Å²) in [4.78, 5) is 10.5. The zero-order chi connectivity index (χ0) is 12.5. The Morgan fingerprint density at radius 3 is 2.56 bits per heavy atom. The molecule has 0 aliphatic rings. The van der Waals surface area contributed by atoms with Crippen molar-refractivity contribution in [1.29, 1.82) is 0 Å².